The van der Waals surface area contributed by atoms with Crippen LogP contribution in [0.25, 0.3) is 0 Å². The van der Waals surface area contributed by atoms with Gasteiger partial charge in [-0.2, -0.15) is 11.8 Å². The van der Waals surface area contributed by atoms with Crippen LogP contribution in [-0.2, 0) is 0 Å². The predicted molar refractivity (Wildman–Crippen MR) is 70.9 cm³/mol. The van der Waals surface area contributed by atoms with E-state index in [0.717, 1.165) is 36.8 Å². The molecule has 0 amide bonds. The van der Waals surface area contributed by atoms with Crippen molar-refractivity contribution < 1.29 is 5.11 Å². The summed E-state index contributed by atoms with van der Waals surface area (Å²) in [6.45, 7) is 3.10. The topological polar surface area (TPSA) is 32.3 Å². The minimum absolute atomic E-state index is 0.411. The average molecular weight is 243 g/mol. The Kier molecular flexibility index (Phi) is 4.57. The molecule has 1 saturated heterocycles. The lowest BCUT2D eigenvalue weighted by molar-refractivity contribution is 0.0283. The Morgan fingerprint density at radius 3 is 2.75 bits per heavy atom. The summed E-state index contributed by atoms with van der Waals surface area (Å²) in [5.41, 5.74) is -0.411. The van der Waals surface area contributed by atoms with E-state index in [4.69, 9.17) is 0 Å². The van der Waals surface area contributed by atoms with Crippen LogP contribution in [0.5, 0.6) is 0 Å². The second kappa shape index (κ2) is 5.74. The molecule has 1 aliphatic carbocycles. The molecule has 2 N–H and O–H groups in total. The highest BCUT2D eigenvalue weighted by molar-refractivity contribution is 7.99. The maximum absolute atomic E-state index is 10.4. The van der Waals surface area contributed by atoms with Gasteiger partial charge in [0.05, 0.1) is 5.60 Å². The molecule has 2 unspecified atom stereocenters. The smallest absolute Gasteiger partial charge is 0.0787 e. The van der Waals surface area contributed by atoms with Crippen LogP contribution in [0.15, 0.2) is 0 Å². The first kappa shape index (κ1) is 12.7. The molecule has 2 nitrogen and oxygen atoms in total. The van der Waals surface area contributed by atoms with Crippen LogP contribution < -0.4 is 5.32 Å². The Balaban J connectivity index is 1.77. The van der Waals surface area contributed by atoms with Gasteiger partial charge in [0.1, 0.15) is 0 Å². The van der Waals surface area contributed by atoms with Crippen molar-refractivity contribution >= 4 is 11.8 Å². The van der Waals surface area contributed by atoms with Crippen LogP contribution >= 0.6 is 11.8 Å². The van der Waals surface area contributed by atoms with Gasteiger partial charge in [0, 0.05) is 12.6 Å². The lowest BCUT2D eigenvalue weighted by Crippen LogP contribution is -2.47. The number of hydrogen-bond acceptors (Lipinski definition) is 3. The van der Waals surface area contributed by atoms with Crippen molar-refractivity contribution in [2.45, 2.75) is 57.1 Å². The molecule has 0 bridgehead atoms. The summed E-state index contributed by atoms with van der Waals surface area (Å²) in [6, 6.07) is 0.670. The van der Waals surface area contributed by atoms with Gasteiger partial charge in [-0.1, -0.05) is 19.8 Å². The Bertz CT molecular complexity index is 216. The van der Waals surface area contributed by atoms with E-state index in [1.807, 2.05) is 11.8 Å². The van der Waals surface area contributed by atoms with E-state index < -0.39 is 5.60 Å². The Labute approximate surface area is 104 Å². The molecule has 0 aromatic carbocycles. The first-order chi connectivity index (χ1) is 7.73. The summed E-state index contributed by atoms with van der Waals surface area (Å²) in [5.74, 6) is 3.10. The van der Waals surface area contributed by atoms with E-state index in [-0.39, 0.29) is 0 Å². The fourth-order valence-electron chi connectivity index (χ4n) is 3.04. The van der Waals surface area contributed by atoms with E-state index >= 15 is 0 Å². The number of rotatable bonds is 4. The second-order valence-corrected chi connectivity index (χ2v) is 6.65. The standard InChI is InChI=1S/C13H25NOS/c1-2-11-4-3-5-12(11)14-10-13(15)6-8-16-9-7-13/h11-12,14-15H,2-10H2,1H3. The molecule has 2 atom stereocenters. The maximum atomic E-state index is 10.4. The van der Waals surface area contributed by atoms with Crippen molar-refractivity contribution in [1.29, 1.82) is 0 Å². The molecule has 0 aromatic rings. The molecule has 0 radical (unpaired) electrons. The molecule has 1 aliphatic heterocycles. The van der Waals surface area contributed by atoms with Gasteiger partial charge >= 0.3 is 0 Å². The molecule has 94 valence electrons. The molecule has 2 aliphatic rings. The second-order valence-electron chi connectivity index (χ2n) is 5.42. The minimum atomic E-state index is -0.411. The third-order valence-electron chi connectivity index (χ3n) is 4.30. The van der Waals surface area contributed by atoms with Crippen molar-refractivity contribution in [1.82, 2.24) is 5.32 Å². The predicted octanol–water partition coefficient (Wildman–Crippen LogP) is 2.41. The molecule has 0 aromatic heterocycles. The Morgan fingerprint density at radius 1 is 1.31 bits per heavy atom. The van der Waals surface area contributed by atoms with E-state index in [0.29, 0.717) is 6.04 Å². The third-order valence-corrected chi connectivity index (χ3v) is 5.29. The molecule has 16 heavy (non-hydrogen) atoms. The van der Waals surface area contributed by atoms with Gasteiger partial charge in [-0.05, 0) is 43.1 Å². The summed E-state index contributed by atoms with van der Waals surface area (Å²) in [7, 11) is 0. The molecule has 2 rings (SSSR count). The summed E-state index contributed by atoms with van der Waals surface area (Å²) in [4.78, 5) is 0. The van der Waals surface area contributed by atoms with Gasteiger partial charge in [-0.25, -0.2) is 0 Å². The molecule has 3 heteroatoms. The summed E-state index contributed by atoms with van der Waals surface area (Å²) >= 11 is 1.97. The van der Waals surface area contributed by atoms with E-state index in [9.17, 15) is 5.11 Å². The molecular formula is C13H25NOS. The van der Waals surface area contributed by atoms with Crippen molar-refractivity contribution in [3.8, 4) is 0 Å². The van der Waals surface area contributed by atoms with Gasteiger partial charge in [-0.3, -0.25) is 0 Å². The molecule has 0 spiro atoms. The van der Waals surface area contributed by atoms with Gasteiger partial charge in [0.15, 0.2) is 0 Å². The van der Waals surface area contributed by atoms with Crippen molar-refractivity contribution in [3.63, 3.8) is 0 Å². The third kappa shape index (κ3) is 3.14. The Hall–Kier alpha value is 0.270. The highest BCUT2D eigenvalue weighted by Crippen LogP contribution is 2.30. The normalized spacial score (nSPS) is 34.1. The fraction of sp³-hybridized carbons (Fsp3) is 1.00. The van der Waals surface area contributed by atoms with Crippen molar-refractivity contribution in [2.75, 3.05) is 18.1 Å². The SMILES string of the molecule is CCC1CCCC1NCC1(O)CCSCC1. The van der Waals surface area contributed by atoms with Crippen molar-refractivity contribution in [3.05, 3.63) is 0 Å². The summed E-state index contributed by atoms with van der Waals surface area (Å²) in [5, 5.41) is 14.0. The van der Waals surface area contributed by atoms with Gasteiger partial charge in [-0.15, -0.1) is 0 Å². The lowest BCUT2D eigenvalue weighted by atomic mass is 9.94. The van der Waals surface area contributed by atoms with E-state index in [1.165, 1.54) is 25.7 Å². The van der Waals surface area contributed by atoms with E-state index in [1.54, 1.807) is 0 Å². The van der Waals surface area contributed by atoms with Crippen LogP contribution in [0.1, 0.15) is 45.4 Å². The van der Waals surface area contributed by atoms with Gasteiger partial charge in [0.25, 0.3) is 0 Å². The zero-order valence-electron chi connectivity index (χ0n) is 10.4. The van der Waals surface area contributed by atoms with Crippen LogP contribution in [0.3, 0.4) is 0 Å². The Morgan fingerprint density at radius 2 is 2.06 bits per heavy atom. The van der Waals surface area contributed by atoms with Crippen LogP contribution in [-0.4, -0.2) is 34.8 Å². The quantitative estimate of drug-likeness (QED) is 0.795. The molecule has 2 fully saturated rings. The van der Waals surface area contributed by atoms with Crippen molar-refractivity contribution in [2.24, 2.45) is 5.92 Å². The highest BCUT2D eigenvalue weighted by Gasteiger charge is 2.32. The average Bonchev–Trinajstić information content (AvgIpc) is 2.75. The number of hydrogen-bond donors (Lipinski definition) is 2. The largest absolute Gasteiger partial charge is 0.389 e. The number of aliphatic hydroxyl groups is 1. The minimum Gasteiger partial charge on any atom is -0.389 e. The number of nitrogens with one attached hydrogen (secondary N) is 1. The lowest BCUT2D eigenvalue weighted by Gasteiger charge is -2.34. The highest BCUT2D eigenvalue weighted by atomic mass is 32.2. The first-order valence-corrected chi connectivity index (χ1v) is 7.92. The summed E-state index contributed by atoms with van der Waals surface area (Å²) < 4.78 is 0. The first-order valence-electron chi connectivity index (χ1n) is 6.77. The molecular weight excluding hydrogens is 218 g/mol. The zero-order valence-corrected chi connectivity index (χ0v) is 11.2. The van der Waals surface area contributed by atoms with Gasteiger partial charge < -0.3 is 10.4 Å². The van der Waals surface area contributed by atoms with Crippen LogP contribution in [0, 0.1) is 5.92 Å². The zero-order chi connectivity index (χ0) is 11.4. The van der Waals surface area contributed by atoms with Crippen LogP contribution in [0.4, 0.5) is 0 Å². The molecule has 1 saturated carbocycles. The maximum Gasteiger partial charge on any atom is 0.0787 e. The number of thioether (sulfide) groups is 1. The molecule has 1 heterocycles. The van der Waals surface area contributed by atoms with Gasteiger partial charge in [0.2, 0.25) is 0 Å². The van der Waals surface area contributed by atoms with Crippen LogP contribution in [0.2, 0.25) is 0 Å². The van der Waals surface area contributed by atoms with E-state index in [2.05, 4.69) is 12.2 Å². The fourth-order valence-corrected chi connectivity index (χ4v) is 4.30. The summed E-state index contributed by atoms with van der Waals surface area (Å²) in [6.07, 6.45) is 7.27. The monoisotopic (exact) mass is 243 g/mol.